The van der Waals surface area contributed by atoms with Crippen molar-refractivity contribution in [2.75, 3.05) is 7.05 Å². The molecule has 0 aromatic carbocycles. The van der Waals surface area contributed by atoms with E-state index in [1.54, 1.807) is 0 Å². The van der Waals surface area contributed by atoms with Gasteiger partial charge in [-0.15, -0.1) is 0 Å². The Hall–Kier alpha value is -0.280. The molecule has 1 N–H and O–H groups in total. The first kappa shape index (κ1) is 8.98. The molecule has 0 radical (unpaired) electrons. The minimum absolute atomic E-state index is 0.313. The topological polar surface area (TPSA) is 25.2 Å². The highest BCUT2D eigenvalue weighted by Crippen LogP contribution is 2.65. The highest BCUT2D eigenvalue weighted by atomic mass is 79.9. The van der Waals surface area contributed by atoms with Gasteiger partial charge in [-0.1, -0.05) is 0 Å². The molecule has 2 fully saturated rings. The van der Waals surface area contributed by atoms with Gasteiger partial charge in [0, 0.05) is 11.0 Å². The fourth-order valence-corrected chi connectivity index (χ4v) is 3.06. The van der Waals surface area contributed by atoms with Crippen molar-refractivity contribution in [1.29, 1.82) is 0 Å². The summed E-state index contributed by atoms with van der Waals surface area (Å²) in [6.45, 7) is 0. The lowest BCUT2D eigenvalue weighted by atomic mass is 9.91. The molecule has 0 aliphatic heterocycles. The quantitative estimate of drug-likeness (QED) is 0.899. The van der Waals surface area contributed by atoms with Crippen molar-refractivity contribution in [1.82, 2.24) is 5.32 Å². The maximum absolute atomic E-state index is 5.72. The van der Waals surface area contributed by atoms with Crippen molar-refractivity contribution in [2.45, 2.75) is 36.6 Å². The molecule has 0 saturated heterocycles. The number of rotatable bonds is 3. The molecule has 2 nitrogen and oxygen atoms in total. The molecule has 2 aliphatic carbocycles. The summed E-state index contributed by atoms with van der Waals surface area (Å²) in [5.74, 6) is 1.16. The Morgan fingerprint density at radius 1 is 1.29 bits per heavy atom. The number of likely N-dealkylation sites (N-methyl/N-ethyl adjacent to an activating group) is 1. The minimum Gasteiger partial charge on any atom is -0.454 e. The van der Waals surface area contributed by atoms with Crippen molar-refractivity contribution in [3.63, 3.8) is 0 Å². The lowest BCUT2D eigenvalue weighted by Gasteiger charge is -2.24. The van der Waals surface area contributed by atoms with Gasteiger partial charge < -0.3 is 9.73 Å². The van der Waals surface area contributed by atoms with E-state index in [1.807, 2.05) is 6.07 Å². The van der Waals surface area contributed by atoms with Crippen molar-refractivity contribution in [3.8, 4) is 0 Å². The summed E-state index contributed by atoms with van der Waals surface area (Å²) in [6, 6.07) is 4.12. The zero-order valence-corrected chi connectivity index (χ0v) is 9.86. The SMILES string of the molecule is CNC1(C2(c3ccc(Br)o3)CC2)CC1. The lowest BCUT2D eigenvalue weighted by Crippen LogP contribution is -2.40. The summed E-state index contributed by atoms with van der Waals surface area (Å²) in [5, 5.41) is 3.49. The van der Waals surface area contributed by atoms with Crippen LogP contribution in [0.25, 0.3) is 0 Å². The fraction of sp³-hybridized carbons (Fsp3) is 0.636. The van der Waals surface area contributed by atoms with E-state index in [1.165, 1.54) is 25.7 Å². The number of hydrogen-bond donors (Lipinski definition) is 1. The number of halogens is 1. The smallest absolute Gasteiger partial charge is 0.169 e. The largest absolute Gasteiger partial charge is 0.454 e. The van der Waals surface area contributed by atoms with Crippen LogP contribution in [0.3, 0.4) is 0 Å². The van der Waals surface area contributed by atoms with Crippen LogP contribution in [-0.2, 0) is 5.41 Å². The normalized spacial score (nSPS) is 26.1. The molecule has 0 atom stereocenters. The second-order valence-corrected chi connectivity index (χ2v) is 5.30. The highest BCUT2D eigenvalue weighted by Gasteiger charge is 2.67. The lowest BCUT2D eigenvalue weighted by molar-refractivity contribution is 0.347. The van der Waals surface area contributed by atoms with E-state index < -0.39 is 0 Å². The number of nitrogens with one attached hydrogen (secondary N) is 1. The first-order chi connectivity index (χ1) is 6.72. The molecule has 2 aliphatic rings. The molecule has 0 bridgehead atoms. The Balaban J connectivity index is 1.98. The van der Waals surface area contributed by atoms with Gasteiger partial charge >= 0.3 is 0 Å². The van der Waals surface area contributed by atoms with Crippen LogP contribution in [0.15, 0.2) is 21.2 Å². The molecule has 2 saturated carbocycles. The number of hydrogen-bond acceptors (Lipinski definition) is 2. The molecule has 1 heterocycles. The summed E-state index contributed by atoms with van der Waals surface area (Å²) in [6.07, 6.45) is 5.13. The molecule has 0 unspecified atom stereocenters. The Bertz CT molecular complexity index is 363. The van der Waals surface area contributed by atoms with Crippen LogP contribution in [-0.4, -0.2) is 12.6 Å². The van der Waals surface area contributed by atoms with Gasteiger partial charge in [0.15, 0.2) is 4.67 Å². The maximum Gasteiger partial charge on any atom is 0.169 e. The number of furan rings is 1. The summed E-state index contributed by atoms with van der Waals surface area (Å²) < 4.78 is 6.57. The minimum atomic E-state index is 0.313. The average molecular weight is 256 g/mol. The third-order valence-corrected chi connectivity index (χ3v) is 4.37. The molecule has 1 aromatic rings. The molecule has 1 aromatic heterocycles. The molecule has 0 spiro atoms. The van der Waals surface area contributed by atoms with Crippen LogP contribution in [0.5, 0.6) is 0 Å². The molecule has 76 valence electrons. The molecule has 14 heavy (non-hydrogen) atoms. The van der Waals surface area contributed by atoms with Gasteiger partial charge in [-0.2, -0.15) is 0 Å². The summed E-state index contributed by atoms with van der Waals surface area (Å²) in [4.78, 5) is 0. The van der Waals surface area contributed by atoms with Crippen LogP contribution in [0.1, 0.15) is 31.4 Å². The standard InChI is InChI=1S/C11H14BrNO/c1-13-11(6-7-11)10(4-5-10)8-2-3-9(12)14-8/h2-3,13H,4-7H2,1H3. The first-order valence-corrected chi connectivity index (χ1v) is 5.97. The van der Waals surface area contributed by atoms with E-state index in [9.17, 15) is 0 Å². The van der Waals surface area contributed by atoms with Gasteiger partial charge in [0.25, 0.3) is 0 Å². The van der Waals surface area contributed by atoms with Crippen LogP contribution >= 0.6 is 15.9 Å². The van der Waals surface area contributed by atoms with Gasteiger partial charge in [-0.25, -0.2) is 0 Å². The van der Waals surface area contributed by atoms with E-state index in [0.29, 0.717) is 11.0 Å². The summed E-state index contributed by atoms with van der Waals surface area (Å²) in [5.41, 5.74) is 0.665. The fourth-order valence-electron chi connectivity index (χ4n) is 2.75. The molecular weight excluding hydrogens is 242 g/mol. The van der Waals surface area contributed by atoms with Gasteiger partial charge in [0.05, 0.1) is 0 Å². The Morgan fingerprint density at radius 2 is 2.00 bits per heavy atom. The van der Waals surface area contributed by atoms with E-state index in [2.05, 4.69) is 34.4 Å². The van der Waals surface area contributed by atoms with E-state index in [4.69, 9.17) is 4.42 Å². The predicted octanol–water partition coefficient (Wildman–Crippen LogP) is 2.83. The van der Waals surface area contributed by atoms with E-state index >= 15 is 0 Å². The summed E-state index contributed by atoms with van der Waals surface area (Å²) in [7, 11) is 2.07. The van der Waals surface area contributed by atoms with Crippen LogP contribution in [0.4, 0.5) is 0 Å². The van der Waals surface area contributed by atoms with Gasteiger partial charge in [0.1, 0.15) is 5.76 Å². The van der Waals surface area contributed by atoms with Crippen molar-refractivity contribution in [3.05, 3.63) is 22.6 Å². The first-order valence-electron chi connectivity index (χ1n) is 5.17. The average Bonchev–Trinajstić information content (AvgIpc) is 3.07. The second-order valence-electron chi connectivity index (χ2n) is 4.52. The predicted molar refractivity (Wildman–Crippen MR) is 58.3 cm³/mol. The Kier molecular flexibility index (Phi) is 1.69. The zero-order valence-electron chi connectivity index (χ0n) is 8.27. The molecular formula is C11H14BrNO. The summed E-state index contributed by atoms with van der Waals surface area (Å²) >= 11 is 3.37. The van der Waals surface area contributed by atoms with Crippen LogP contribution in [0.2, 0.25) is 0 Å². The molecule has 0 amide bonds. The van der Waals surface area contributed by atoms with Gasteiger partial charge in [-0.05, 0) is 60.8 Å². The monoisotopic (exact) mass is 255 g/mol. The third-order valence-electron chi connectivity index (χ3n) is 3.94. The third kappa shape index (κ3) is 0.999. The maximum atomic E-state index is 5.72. The highest BCUT2D eigenvalue weighted by molar-refractivity contribution is 9.10. The second kappa shape index (κ2) is 2.64. The van der Waals surface area contributed by atoms with Crippen molar-refractivity contribution >= 4 is 15.9 Å². The van der Waals surface area contributed by atoms with E-state index in [0.717, 1.165) is 10.4 Å². The molecule has 3 heteroatoms. The van der Waals surface area contributed by atoms with Gasteiger partial charge in [0.2, 0.25) is 0 Å². The molecule has 3 rings (SSSR count). The zero-order chi connectivity index (χ0) is 9.81. The van der Waals surface area contributed by atoms with Gasteiger partial charge in [-0.3, -0.25) is 0 Å². The van der Waals surface area contributed by atoms with Crippen molar-refractivity contribution in [2.24, 2.45) is 0 Å². The van der Waals surface area contributed by atoms with Crippen LogP contribution in [0, 0.1) is 0 Å². The van der Waals surface area contributed by atoms with Crippen molar-refractivity contribution < 1.29 is 4.42 Å². The Labute approximate surface area is 92.2 Å². The van der Waals surface area contributed by atoms with E-state index in [-0.39, 0.29) is 0 Å². The van der Waals surface area contributed by atoms with Crippen LogP contribution < -0.4 is 5.32 Å². The Morgan fingerprint density at radius 3 is 2.36 bits per heavy atom.